The SMILES string of the molecule is CN[C@H]1[C@H](O)C[C@H]2[C@@H]3CC[C@H]4C[C@@H](OC(C)=O)CC[C@]4(C)[C@H]3CC[C@@]21C. The van der Waals surface area contributed by atoms with Crippen molar-refractivity contribution in [3.8, 4) is 0 Å². The van der Waals surface area contributed by atoms with Gasteiger partial charge in [0.05, 0.1) is 6.10 Å². The number of carbonyl (C=O) groups excluding carboxylic acids is 1. The Morgan fingerprint density at radius 2 is 1.77 bits per heavy atom. The predicted octanol–water partition coefficient (Wildman–Crippen LogP) is 3.52. The lowest BCUT2D eigenvalue weighted by molar-refractivity contribution is -0.159. The van der Waals surface area contributed by atoms with E-state index in [1.165, 1.54) is 39.0 Å². The van der Waals surface area contributed by atoms with Crippen LogP contribution >= 0.6 is 0 Å². The minimum absolute atomic E-state index is 0.126. The Bertz CT molecular complexity index is 566. The lowest BCUT2D eigenvalue weighted by Crippen LogP contribution is -2.56. The first-order valence-electron chi connectivity index (χ1n) is 10.8. The molecular formula is C22H37NO3. The van der Waals surface area contributed by atoms with Gasteiger partial charge in [0.1, 0.15) is 6.10 Å². The summed E-state index contributed by atoms with van der Waals surface area (Å²) in [6, 6.07) is 0.249. The van der Waals surface area contributed by atoms with Crippen LogP contribution < -0.4 is 5.32 Å². The first kappa shape index (κ1) is 18.7. The number of likely N-dealkylation sites (N-methyl/N-ethyl adjacent to an activating group) is 1. The number of aliphatic hydroxyl groups excluding tert-OH is 1. The number of ether oxygens (including phenoxy) is 1. The quantitative estimate of drug-likeness (QED) is 0.737. The maximum absolute atomic E-state index is 11.4. The fourth-order valence-corrected chi connectivity index (χ4v) is 8.10. The molecule has 4 fully saturated rings. The molecule has 0 amide bonds. The highest BCUT2D eigenvalue weighted by Gasteiger charge is 2.62. The molecule has 0 aromatic carbocycles. The monoisotopic (exact) mass is 363 g/mol. The van der Waals surface area contributed by atoms with Crippen molar-refractivity contribution in [2.24, 2.45) is 34.5 Å². The second-order valence-electron chi connectivity index (χ2n) is 10.3. The molecule has 2 N–H and O–H groups in total. The van der Waals surface area contributed by atoms with Gasteiger partial charge in [-0.1, -0.05) is 13.8 Å². The van der Waals surface area contributed by atoms with E-state index < -0.39 is 0 Å². The third-order valence-corrected chi connectivity index (χ3v) is 9.29. The van der Waals surface area contributed by atoms with Crippen LogP contribution in [0.15, 0.2) is 0 Å². The Hall–Kier alpha value is -0.610. The molecule has 4 saturated carbocycles. The summed E-state index contributed by atoms with van der Waals surface area (Å²) in [6.45, 7) is 6.50. The van der Waals surface area contributed by atoms with E-state index in [0.717, 1.165) is 31.1 Å². The molecule has 0 heterocycles. The summed E-state index contributed by atoms with van der Waals surface area (Å²) < 4.78 is 5.57. The van der Waals surface area contributed by atoms with Crippen molar-refractivity contribution < 1.29 is 14.6 Å². The Morgan fingerprint density at radius 3 is 2.46 bits per heavy atom. The van der Waals surface area contributed by atoms with Crippen molar-refractivity contribution in [1.29, 1.82) is 0 Å². The van der Waals surface area contributed by atoms with Gasteiger partial charge in [-0.2, -0.15) is 0 Å². The number of rotatable bonds is 2. The summed E-state index contributed by atoms with van der Waals surface area (Å²) in [5.41, 5.74) is 0.636. The molecule has 4 aliphatic rings. The number of nitrogens with one attached hydrogen (secondary N) is 1. The fourth-order valence-electron chi connectivity index (χ4n) is 8.10. The van der Waals surface area contributed by atoms with Gasteiger partial charge in [0.25, 0.3) is 0 Å². The van der Waals surface area contributed by atoms with E-state index in [9.17, 15) is 9.90 Å². The van der Waals surface area contributed by atoms with Crippen molar-refractivity contribution in [2.75, 3.05) is 7.05 Å². The molecule has 0 spiro atoms. The van der Waals surface area contributed by atoms with E-state index in [4.69, 9.17) is 4.74 Å². The second kappa shape index (κ2) is 6.48. The zero-order chi connectivity index (χ0) is 18.7. The van der Waals surface area contributed by atoms with Crippen molar-refractivity contribution in [1.82, 2.24) is 5.32 Å². The summed E-state index contributed by atoms with van der Waals surface area (Å²) >= 11 is 0. The first-order valence-corrected chi connectivity index (χ1v) is 10.8. The maximum atomic E-state index is 11.4. The molecule has 4 aliphatic carbocycles. The highest BCUT2D eigenvalue weighted by molar-refractivity contribution is 5.66. The van der Waals surface area contributed by atoms with Crippen LogP contribution in [0.4, 0.5) is 0 Å². The summed E-state index contributed by atoms with van der Waals surface area (Å²) in [6.07, 6.45) is 9.28. The Labute approximate surface area is 158 Å². The van der Waals surface area contributed by atoms with Gasteiger partial charge in [0.15, 0.2) is 0 Å². The predicted molar refractivity (Wildman–Crippen MR) is 102 cm³/mol. The number of aliphatic hydroxyl groups is 1. The highest BCUT2D eigenvalue weighted by atomic mass is 16.5. The lowest BCUT2D eigenvalue weighted by atomic mass is 9.45. The zero-order valence-electron chi connectivity index (χ0n) is 17.0. The number of hydrogen-bond acceptors (Lipinski definition) is 4. The summed E-state index contributed by atoms with van der Waals surface area (Å²) in [4.78, 5) is 11.4. The molecule has 4 rings (SSSR count). The molecule has 4 nitrogen and oxygen atoms in total. The van der Waals surface area contributed by atoms with Crippen LogP contribution in [0.5, 0.6) is 0 Å². The Balaban J connectivity index is 1.54. The summed E-state index contributed by atoms with van der Waals surface area (Å²) in [5, 5.41) is 14.1. The summed E-state index contributed by atoms with van der Waals surface area (Å²) in [7, 11) is 2.02. The van der Waals surface area contributed by atoms with Crippen LogP contribution in [0.2, 0.25) is 0 Å². The summed E-state index contributed by atoms with van der Waals surface area (Å²) in [5.74, 6) is 2.75. The van der Waals surface area contributed by atoms with Crippen LogP contribution in [0.3, 0.4) is 0 Å². The minimum Gasteiger partial charge on any atom is -0.463 e. The first-order chi connectivity index (χ1) is 12.3. The average Bonchev–Trinajstić information content (AvgIpc) is 2.84. The molecular weight excluding hydrogens is 326 g/mol. The van der Waals surface area contributed by atoms with Gasteiger partial charge in [-0.05, 0) is 92.9 Å². The van der Waals surface area contributed by atoms with E-state index in [2.05, 4.69) is 19.2 Å². The van der Waals surface area contributed by atoms with Crippen LogP contribution in [0.1, 0.15) is 72.1 Å². The number of hydrogen-bond donors (Lipinski definition) is 2. The van der Waals surface area contributed by atoms with Crippen molar-refractivity contribution in [3.05, 3.63) is 0 Å². The molecule has 26 heavy (non-hydrogen) atoms. The van der Waals surface area contributed by atoms with Gasteiger partial charge in [-0.3, -0.25) is 4.79 Å². The number of fused-ring (bicyclic) bond motifs is 5. The van der Waals surface area contributed by atoms with E-state index in [-0.39, 0.29) is 29.6 Å². The topological polar surface area (TPSA) is 58.6 Å². The average molecular weight is 364 g/mol. The molecule has 0 saturated heterocycles. The highest BCUT2D eigenvalue weighted by Crippen LogP contribution is 2.66. The molecule has 0 aliphatic heterocycles. The van der Waals surface area contributed by atoms with E-state index >= 15 is 0 Å². The van der Waals surface area contributed by atoms with Gasteiger partial charge >= 0.3 is 5.97 Å². The normalized spacial score (nSPS) is 53.3. The Morgan fingerprint density at radius 1 is 1.04 bits per heavy atom. The third-order valence-electron chi connectivity index (χ3n) is 9.29. The molecule has 0 bridgehead atoms. The van der Waals surface area contributed by atoms with Crippen LogP contribution in [-0.2, 0) is 9.53 Å². The fraction of sp³-hybridized carbons (Fsp3) is 0.955. The molecule has 0 aromatic heterocycles. The lowest BCUT2D eigenvalue weighted by Gasteiger charge is -2.61. The van der Waals surface area contributed by atoms with Crippen LogP contribution in [-0.4, -0.2) is 36.4 Å². The zero-order valence-corrected chi connectivity index (χ0v) is 17.0. The molecule has 0 unspecified atom stereocenters. The molecule has 148 valence electrons. The molecule has 4 heteroatoms. The van der Waals surface area contributed by atoms with Gasteiger partial charge in [-0.25, -0.2) is 0 Å². The van der Waals surface area contributed by atoms with E-state index in [0.29, 0.717) is 17.3 Å². The van der Waals surface area contributed by atoms with Gasteiger partial charge in [0.2, 0.25) is 0 Å². The van der Waals surface area contributed by atoms with E-state index in [1.807, 2.05) is 7.05 Å². The Kier molecular flexibility index (Phi) is 4.67. The second-order valence-corrected chi connectivity index (χ2v) is 10.3. The van der Waals surface area contributed by atoms with Gasteiger partial charge in [0, 0.05) is 13.0 Å². The smallest absolute Gasteiger partial charge is 0.302 e. The van der Waals surface area contributed by atoms with Crippen molar-refractivity contribution in [3.63, 3.8) is 0 Å². The molecule has 9 atom stereocenters. The molecule has 0 radical (unpaired) electrons. The van der Waals surface area contributed by atoms with Crippen molar-refractivity contribution >= 4 is 5.97 Å². The number of esters is 1. The third kappa shape index (κ3) is 2.66. The molecule has 0 aromatic rings. The van der Waals surface area contributed by atoms with Crippen molar-refractivity contribution in [2.45, 2.75) is 90.4 Å². The number of carbonyl (C=O) groups is 1. The van der Waals surface area contributed by atoms with Crippen LogP contribution in [0, 0.1) is 34.5 Å². The van der Waals surface area contributed by atoms with Gasteiger partial charge < -0.3 is 15.2 Å². The largest absolute Gasteiger partial charge is 0.463 e. The maximum Gasteiger partial charge on any atom is 0.302 e. The standard InChI is InChI=1S/C22H37NO3/c1-13(24)26-15-7-9-21(2)14(11-15)5-6-16-17(21)8-10-22(3)18(16)12-19(25)20(22)23-4/h14-20,23,25H,5-12H2,1-4H3/t14-,15-,16+,17-,18-,19+,20-,21-,22-/m0/s1. The van der Waals surface area contributed by atoms with E-state index in [1.54, 1.807) is 0 Å². The minimum atomic E-state index is -0.195. The van der Waals surface area contributed by atoms with Gasteiger partial charge in [-0.15, -0.1) is 0 Å². The van der Waals surface area contributed by atoms with Crippen LogP contribution in [0.25, 0.3) is 0 Å².